The number of anilines is 1. The Morgan fingerprint density at radius 3 is 2.83 bits per heavy atom. The molecule has 1 spiro atoms. The van der Waals surface area contributed by atoms with E-state index in [0.717, 1.165) is 43.6 Å². The first-order valence-corrected chi connectivity index (χ1v) is 9.16. The topological polar surface area (TPSA) is 54.0 Å². The summed E-state index contributed by atoms with van der Waals surface area (Å²) in [5, 5.41) is 9.61. The lowest BCUT2D eigenvalue weighted by atomic mass is 9.92. The van der Waals surface area contributed by atoms with Crippen molar-refractivity contribution < 1.29 is 4.79 Å². The summed E-state index contributed by atoms with van der Waals surface area (Å²) in [7, 11) is 0. The monoisotopic (exact) mass is 383 g/mol. The molecule has 7 heteroatoms. The van der Waals surface area contributed by atoms with Crippen LogP contribution in [-0.2, 0) is 4.79 Å². The molecule has 1 atom stereocenters. The van der Waals surface area contributed by atoms with Crippen LogP contribution >= 0.6 is 35.3 Å². The normalized spacial score (nSPS) is 21.1. The van der Waals surface area contributed by atoms with Crippen LogP contribution in [-0.4, -0.2) is 24.0 Å². The molecule has 1 aromatic heterocycles. The minimum Gasteiger partial charge on any atom is -0.317 e. The molecule has 1 saturated heterocycles. The summed E-state index contributed by atoms with van der Waals surface area (Å²) in [4.78, 5) is 17.0. The molecule has 1 aliphatic heterocycles. The van der Waals surface area contributed by atoms with Crippen LogP contribution in [0.1, 0.15) is 19.3 Å². The summed E-state index contributed by atoms with van der Waals surface area (Å²) in [6, 6.07) is 7.61. The van der Waals surface area contributed by atoms with Gasteiger partial charge in [0.1, 0.15) is 0 Å². The van der Waals surface area contributed by atoms with Crippen molar-refractivity contribution in [2.24, 2.45) is 11.3 Å². The van der Waals surface area contributed by atoms with E-state index in [1.807, 2.05) is 29.6 Å². The average molecular weight is 384 g/mol. The van der Waals surface area contributed by atoms with Crippen LogP contribution in [0.4, 0.5) is 5.13 Å². The lowest BCUT2D eigenvalue weighted by Gasteiger charge is -2.22. The minimum atomic E-state index is 0. The Morgan fingerprint density at radius 2 is 2.08 bits per heavy atom. The standard InChI is InChI=1S/C17H18ClN3OS.ClH/c18-13-4-2-1-3-11(13)14-10-23-16(20-14)21-15(22)12-9-17(12)5-7-19-8-6-17;/h1-4,10,12,19H,5-9H2,(H,20,21,22);1H. The first kappa shape index (κ1) is 17.7. The second-order valence-electron chi connectivity index (χ2n) is 6.38. The number of nitrogens with zero attached hydrogens (tertiary/aromatic N) is 1. The first-order chi connectivity index (χ1) is 11.2. The Morgan fingerprint density at radius 1 is 1.33 bits per heavy atom. The molecule has 1 aliphatic carbocycles. The molecule has 0 bridgehead atoms. The van der Waals surface area contributed by atoms with Crippen molar-refractivity contribution in [3.05, 3.63) is 34.7 Å². The Bertz CT molecular complexity index is 743. The van der Waals surface area contributed by atoms with Gasteiger partial charge in [-0.3, -0.25) is 4.79 Å². The molecule has 2 heterocycles. The largest absolute Gasteiger partial charge is 0.317 e. The van der Waals surface area contributed by atoms with Crippen LogP contribution < -0.4 is 10.6 Å². The zero-order valence-electron chi connectivity index (χ0n) is 13.0. The zero-order chi connectivity index (χ0) is 15.9. The molecule has 128 valence electrons. The molecular formula is C17H19Cl2N3OS. The number of carbonyl (C=O) groups excluding carboxylic acids is 1. The third kappa shape index (κ3) is 3.31. The van der Waals surface area contributed by atoms with Gasteiger partial charge in [0, 0.05) is 21.9 Å². The number of nitrogens with one attached hydrogen (secondary N) is 2. The number of aromatic nitrogens is 1. The number of carbonyl (C=O) groups is 1. The van der Waals surface area contributed by atoms with E-state index in [0.29, 0.717) is 10.2 Å². The summed E-state index contributed by atoms with van der Waals surface area (Å²) in [6.45, 7) is 2.05. The second kappa shape index (κ2) is 7.00. The minimum absolute atomic E-state index is 0. The lowest BCUT2D eigenvalue weighted by molar-refractivity contribution is -0.118. The van der Waals surface area contributed by atoms with Gasteiger partial charge in [-0.2, -0.15) is 0 Å². The van der Waals surface area contributed by atoms with Gasteiger partial charge in [0.25, 0.3) is 0 Å². The molecular weight excluding hydrogens is 365 g/mol. The summed E-state index contributed by atoms with van der Waals surface area (Å²) < 4.78 is 0. The van der Waals surface area contributed by atoms with E-state index in [-0.39, 0.29) is 29.6 Å². The Kier molecular flexibility index (Phi) is 5.16. The molecule has 1 amide bonds. The van der Waals surface area contributed by atoms with Gasteiger partial charge in [0.05, 0.1) is 5.69 Å². The zero-order valence-corrected chi connectivity index (χ0v) is 15.4. The summed E-state index contributed by atoms with van der Waals surface area (Å²) >= 11 is 7.65. The van der Waals surface area contributed by atoms with E-state index in [9.17, 15) is 4.79 Å². The second-order valence-corrected chi connectivity index (χ2v) is 7.64. The number of piperidine rings is 1. The predicted molar refractivity (Wildman–Crippen MR) is 101 cm³/mol. The maximum Gasteiger partial charge on any atom is 0.229 e. The molecule has 1 unspecified atom stereocenters. The number of rotatable bonds is 3. The van der Waals surface area contributed by atoms with Crippen LogP contribution in [0, 0.1) is 11.3 Å². The van der Waals surface area contributed by atoms with Crippen molar-refractivity contribution in [1.82, 2.24) is 10.3 Å². The highest BCUT2D eigenvalue weighted by Crippen LogP contribution is 2.58. The van der Waals surface area contributed by atoms with Gasteiger partial charge in [-0.15, -0.1) is 23.7 Å². The predicted octanol–water partition coefficient (Wildman–Crippen LogP) is 4.21. The molecule has 1 aromatic carbocycles. The van der Waals surface area contributed by atoms with Crippen molar-refractivity contribution in [3.63, 3.8) is 0 Å². The third-order valence-corrected chi connectivity index (χ3v) is 6.08. The molecule has 1 saturated carbocycles. The van der Waals surface area contributed by atoms with Crippen molar-refractivity contribution in [2.75, 3.05) is 18.4 Å². The van der Waals surface area contributed by atoms with Crippen LogP contribution in [0.3, 0.4) is 0 Å². The van der Waals surface area contributed by atoms with Gasteiger partial charge < -0.3 is 10.6 Å². The number of halogens is 2. The SMILES string of the molecule is Cl.O=C(Nc1nc(-c2ccccc2Cl)cs1)C1CC12CCNCC2. The number of benzene rings is 1. The third-order valence-electron chi connectivity index (χ3n) is 4.99. The van der Waals surface area contributed by atoms with Crippen LogP contribution in [0.5, 0.6) is 0 Å². The van der Waals surface area contributed by atoms with Gasteiger partial charge in [-0.25, -0.2) is 4.98 Å². The highest BCUT2D eigenvalue weighted by molar-refractivity contribution is 7.14. The number of hydrogen-bond donors (Lipinski definition) is 2. The molecule has 4 nitrogen and oxygen atoms in total. The molecule has 24 heavy (non-hydrogen) atoms. The molecule has 2 aliphatic rings. The highest BCUT2D eigenvalue weighted by atomic mass is 35.5. The molecule has 2 fully saturated rings. The van der Waals surface area contributed by atoms with E-state index in [1.54, 1.807) is 0 Å². The van der Waals surface area contributed by atoms with Gasteiger partial charge in [0.2, 0.25) is 5.91 Å². The quantitative estimate of drug-likeness (QED) is 0.834. The van der Waals surface area contributed by atoms with E-state index in [4.69, 9.17) is 11.6 Å². The number of hydrogen-bond acceptors (Lipinski definition) is 4. The summed E-state index contributed by atoms with van der Waals surface area (Å²) in [5.41, 5.74) is 1.95. The molecule has 4 rings (SSSR count). The Balaban J connectivity index is 0.00000169. The average Bonchev–Trinajstić information content (AvgIpc) is 3.04. The fourth-order valence-electron chi connectivity index (χ4n) is 3.51. The fraction of sp³-hybridized carbons (Fsp3) is 0.412. The van der Waals surface area contributed by atoms with E-state index in [1.165, 1.54) is 11.3 Å². The van der Waals surface area contributed by atoms with E-state index >= 15 is 0 Å². The Labute approximate surface area is 156 Å². The first-order valence-electron chi connectivity index (χ1n) is 7.90. The Hall–Kier alpha value is -1.14. The van der Waals surface area contributed by atoms with Crippen molar-refractivity contribution in [1.29, 1.82) is 0 Å². The van der Waals surface area contributed by atoms with Crippen molar-refractivity contribution in [2.45, 2.75) is 19.3 Å². The summed E-state index contributed by atoms with van der Waals surface area (Å²) in [5.74, 6) is 0.268. The van der Waals surface area contributed by atoms with Crippen LogP contribution in [0.25, 0.3) is 11.3 Å². The van der Waals surface area contributed by atoms with Gasteiger partial charge in [-0.05, 0) is 43.8 Å². The van der Waals surface area contributed by atoms with E-state index < -0.39 is 0 Å². The number of thiazole rings is 1. The summed E-state index contributed by atoms with van der Waals surface area (Å²) in [6.07, 6.45) is 3.23. The lowest BCUT2D eigenvalue weighted by Crippen LogP contribution is -2.31. The molecule has 2 aromatic rings. The number of amides is 1. The van der Waals surface area contributed by atoms with Crippen LogP contribution in [0.2, 0.25) is 5.02 Å². The van der Waals surface area contributed by atoms with Crippen molar-refractivity contribution in [3.8, 4) is 11.3 Å². The maximum absolute atomic E-state index is 12.5. The highest BCUT2D eigenvalue weighted by Gasteiger charge is 2.57. The van der Waals surface area contributed by atoms with Gasteiger partial charge in [0.15, 0.2) is 5.13 Å². The van der Waals surface area contributed by atoms with Crippen LogP contribution in [0.15, 0.2) is 29.6 Å². The van der Waals surface area contributed by atoms with Crippen molar-refractivity contribution >= 4 is 46.4 Å². The van der Waals surface area contributed by atoms with Gasteiger partial charge >= 0.3 is 0 Å². The smallest absolute Gasteiger partial charge is 0.229 e. The molecule has 2 N–H and O–H groups in total. The molecule has 0 radical (unpaired) electrons. The maximum atomic E-state index is 12.5. The van der Waals surface area contributed by atoms with E-state index in [2.05, 4.69) is 15.6 Å². The van der Waals surface area contributed by atoms with Gasteiger partial charge in [-0.1, -0.05) is 29.8 Å². The fourth-order valence-corrected chi connectivity index (χ4v) is 4.46.